The predicted molar refractivity (Wildman–Crippen MR) is 97.4 cm³/mol. The molecule has 2 aromatic carbocycles. The quantitative estimate of drug-likeness (QED) is 0.675. The molecule has 4 nitrogen and oxygen atoms in total. The Hall–Kier alpha value is -3.27. The molecule has 0 spiro atoms. The molecule has 24 heavy (non-hydrogen) atoms. The molecule has 3 rings (SSSR count). The lowest BCUT2D eigenvalue weighted by atomic mass is 10.1. The van der Waals surface area contributed by atoms with E-state index in [1.54, 1.807) is 43.5 Å². The summed E-state index contributed by atoms with van der Waals surface area (Å²) in [5.74, 6) is -0.258. The molecule has 0 fully saturated rings. The number of carbonyl (C=O) groups excluding carboxylic acids is 1. The van der Waals surface area contributed by atoms with Crippen LogP contribution in [-0.2, 0) is 0 Å². The zero-order valence-corrected chi connectivity index (χ0v) is 13.2. The van der Waals surface area contributed by atoms with Crippen molar-refractivity contribution in [3.8, 4) is 0 Å². The van der Waals surface area contributed by atoms with Crippen molar-refractivity contribution in [3.05, 3.63) is 82.9 Å². The molecular formula is C20H16N2O2. The monoisotopic (exact) mass is 316 g/mol. The number of hydrogen-bond donors (Lipinski definition) is 1. The van der Waals surface area contributed by atoms with Crippen molar-refractivity contribution in [2.45, 2.75) is 6.92 Å². The van der Waals surface area contributed by atoms with Gasteiger partial charge in [0.1, 0.15) is 5.76 Å². The summed E-state index contributed by atoms with van der Waals surface area (Å²) in [5.41, 5.74) is 2.69. The van der Waals surface area contributed by atoms with Crippen molar-refractivity contribution >= 4 is 29.5 Å². The third kappa shape index (κ3) is 3.08. The molecule has 4 heteroatoms. The van der Waals surface area contributed by atoms with E-state index >= 15 is 0 Å². The van der Waals surface area contributed by atoms with Crippen LogP contribution in [0.5, 0.6) is 0 Å². The van der Waals surface area contributed by atoms with E-state index in [0.29, 0.717) is 16.8 Å². The van der Waals surface area contributed by atoms with Gasteiger partial charge in [-0.05, 0) is 18.6 Å². The fraction of sp³-hybridized carbons (Fsp3) is 0.0500. The van der Waals surface area contributed by atoms with E-state index in [9.17, 15) is 9.90 Å². The van der Waals surface area contributed by atoms with Crippen LogP contribution in [0.3, 0.4) is 0 Å². The fourth-order valence-electron chi connectivity index (χ4n) is 2.53. The summed E-state index contributed by atoms with van der Waals surface area (Å²) < 4.78 is 0. The lowest BCUT2D eigenvalue weighted by Gasteiger charge is -1.98. The second kappa shape index (κ2) is 6.87. The third-order valence-electron chi connectivity index (χ3n) is 3.70. The first kappa shape index (κ1) is 15.6. The number of aliphatic hydroxyl groups is 1. The summed E-state index contributed by atoms with van der Waals surface area (Å²) in [4.78, 5) is 12.4. The topological polar surface area (TPSA) is 62.0 Å². The van der Waals surface area contributed by atoms with Gasteiger partial charge in [0.05, 0.1) is 11.3 Å². The Labute approximate surface area is 140 Å². The Morgan fingerprint density at radius 3 is 2.38 bits per heavy atom. The molecule has 0 saturated heterocycles. The summed E-state index contributed by atoms with van der Waals surface area (Å²) >= 11 is 0. The number of hydrogen-bond acceptors (Lipinski definition) is 4. The van der Waals surface area contributed by atoms with Gasteiger partial charge in [-0.15, -0.1) is 0 Å². The van der Waals surface area contributed by atoms with Crippen LogP contribution in [0.4, 0.5) is 0 Å². The fourth-order valence-corrected chi connectivity index (χ4v) is 2.53. The first-order chi connectivity index (χ1) is 11.7. The maximum Gasteiger partial charge on any atom is 0.199 e. The third-order valence-corrected chi connectivity index (χ3v) is 3.70. The molecule has 1 aliphatic carbocycles. The van der Waals surface area contributed by atoms with Gasteiger partial charge in [0.15, 0.2) is 5.78 Å². The normalized spacial score (nSPS) is 14.9. The van der Waals surface area contributed by atoms with Crippen LogP contribution in [0.15, 0.2) is 76.4 Å². The number of allylic oxidation sites excluding steroid dienone is 2. The van der Waals surface area contributed by atoms with Crippen LogP contribution < -0.4 is 0 Å². The number of nitrogens with zero attached hydrogens (tertiary/aromatic N) is 2. The van der Waals surface area contributed by atoms with E-state index in [4.69, 9.17) is 0 Å². The van der Waals surface area contributed by atoms with Crippen LogP contribution in [0.25, 0.3) is 11.8 Å². The van der Waals surface area contributed by atoms with Gasteiger partial charge in [-0.3, -0.25) is 4.79 Å². The number of ketones is 1. The Kier molecular flexibility index (Phi) is 4.47. The van der Waals surface area contributed by atoms with E-state index in [1.165, 1.54) is 0 Å². The summed E-state index contributed by atoms with van der Waals surface area (Å²) in [7, 11) is 0. The first-order valence-electron chi connectivity index (χ1n) is 7.55. The maximum atomic E-state index is 12.4. The van der Waals surface area contributed by atoms with E-state index in [-0.39, 0.29) is 17.1 Å². The highest BCUT2D eigenvalue weighted by Crippen LogP contribution is 2.31. The zero-order valence-electron chi connectivity index (χ0n) is 13.2. The molecule has 0 atom stereocenters. The lowest BCUT2D eigenvalue weighted by Crippen LogP contribution is -2.07. The molecule has 0 unspecified atom stereocenters. The van der Waals surface area contributed by atoms with Gasteiger partial charge in [-0.25, -0.2) is 0 Å². The Bertz CT molecular complexity index is 891. The molecule has 0 heterocycles. The van der Waals surface area contributed by atoms with Gasteiger partial charge in [-0.2, -0.15) is 10.2 Å². The summed E-state index contributed by atoms with van der Waals surface area (Å²) in [6.45, 7) is 1.66. The average Bonchev–Trinajstić information content (AvgIpc) is 2.87. The number of aliphatic hydroxyl groups excluding tert-OH is 1. The number of benzene rings is 2. The van der Waals surface area contributed by atoms with Crippen LogP contribution in [0.1, 0.15) is 28.4 Å². The minimum absolute atomic E-state index is 0.0353. The highest BCUT2D eigenvalue weighted by atomic mass is 16.3. The number of fused-ring (bicyclic) bond motifs is 1. The van der Waals surface area contributed by atoms with E-state index in [2.05, 4.69) is 10.2 Å². The average molecular weight is 316 g/mol. The van der Waals surface area contributed by atoms with E-state index in [1.807, 2.05) is 36.4 Å². The van der Waals surface area contributed by atoms with Crippen LogP contribution in [0, 0.1) is 0 Å². The van der Waals surface area contributed by atoms with Crippen molar-refractivity contribution in [2.75, 3.05) is 0 Å². The zero-order chi connectivity index (χ0) is 16.9. The van der Waals surface area contributed by atoms with E-state index in [0.717, 1.165) is 5.56 Å². The Morgan fingerprint density at radius 1 is 1.00 bits per heavy atom. The van der Waals surface area contributed by atoms with Crippen LogP contribution in [-0.4, -0.2) is 22.8 Å². The highest BCUT2D eigenvalue weighted by molar-refractivity contribution is 6.35. The molecular weight excluding hydrogens is 300 g/mol. The Balaban J connectivity index is 1.75. The Morgan fingerprint density at radius 2 is 1.67 bits per heavy atom. The largest absolute Gasteiger partial charge is 0.506 e. The highest BCUT2D eigenvalue weighted by Gasteiger charge is 2.30. The molecule has 1 N–H and O–H groups in total. The van der Waals surface area contributed by atoms with Crippen molar-refractivity contribution in [2.24, 2.45) is 10.2 Å². The molecule has 0 aromatic heterocycles. The molecule has 2 aromatic rings. The molecule has 0 aliphatic heterocycles. The lowest BCUT2D eigenvalue weighted by molar-refractivity contribution is 0.104. The first-order valence-corrected chi connectivity index (χ1v) is 7.55. The van der Waals surface area contributed by atoms with Crippen LogP contribution >= 0.6 is 0 Å². The van der Waals surface area contributed by atoms with Gasteiger partial charge in [0, 0.05) is 17.3 Å². The molecule has 0 amide bonds. The number of carbonyl (C=O) groups is 1. The summed E-state index contributed by atoms with van der Waals surface area (Å²) in [6, 6.07) is 16.8. The van der Waals surface area contributed by atoms with Gasteiger partial charge in [0.2, 0.25) is 0 Å². The molecule has 0 radical (unpaired) electrons. The van der Waals surface area contributed by atoms with Crippen molar-refractivity contribution < 1.29 is 9.90 Å². The number of rotatable bonds is 4. The summed E-state index contributed by atoms with van der Waals surface area (Å²) in [6.07, 6.45) is 5.22. The van der Waals surface area contributed by atoms with Gasteiger partial charge in [0.25, 0.3) is 0 Å². The molecule has 0 saturated carbocycles. The van der Waals surface area contributed by atoms with Crippen molar-refractivity contribution in [1.82, 2.24) is 0 Å². The smallest absolute Gasteiger partial charge is 0.199 e. The minimum atomic E-state index is -0.223. The van der Waals surface area contributed by atoms with Gasteiger partial charge in [-0.1, -0.05) is 60.7 Å². The minimum Gasteiger partial charge on any atom is -0.506 e. The van der Waals surface area contributed by atoms with E-state index < -0.39 is 0 Å². The number of Topliss-reactive ketones (excluding diaryl/α,β-unsaturated/α-hetero) is 1. The summed E-state index contributed by atoms with van der Waals surface area (Å²) in [5, 5.41) is 18.2. The van der Waals surface area contributed by atoms with Gasteiger partial charge >= 0.3 is 0 Å². The van der Waals surface area contributed by atoms with Crippen molar-refractivity contribution in [3.63, 3.8) is 0 Å². The second-order valence-electron chi connectivity index (χ2n) is 5.32. The predicted octanol–water partition coefficient (Wildman–Crippen LogP) is 4.31. The van der Waals surface area contributed by atoms with Gasteiger partial charge < -0.3 is 5.11 Å². The second-order valence-corrected chi connectivity index (χ2v) is 5.32. The molecule has 1 aliphatic rings. The standard InChI is InChI=1S/C20H16N2O2/c1-14(22-21-13-7-10-15-8-3-2-4-9-15)18-19(23)16-11-5-6-12-17(16)20(18)24/h2-13,23H,1H3/b10-7+,21-13-,22-14?. The molecule has 0 bridgehead atoms. The molecule has 118 valence electrons. The SMILES string of the molecule is CC(=N/N=C\C=C\c1ccccc1)C1=C(O)c2ccccc2C1=O. The van der Waals surface area contributed by atoms with Crippen molar-refractivity contribution in [1.29, 1.82) is 0 Å². The maximum absolute atomic E-state index is 12.4. The van der Waals surface area contributed by atoms with Crippen LogP contribution in [0.2, 0.25) is 0 Å².